The van der Waals surface area contributed by atoms with Crippen molar-refractivity contribution in [3.8, 4) is 0 Å². The van der Waals surface area contributed by atoms with E-state index in [1.165, 1.54) is 9.80 Å². The van der Waals surface area contributed by atoms with Gasteiger partial charge in [-0.15, -0.1) is 0 Å². The van der Waals surface area contributed by atoms with Gasteiger partial charge < -0.3 is 4.74 Å². The minimum atomic E-state index is -0.932. The van der Waals surface area contributed by atoms with Gasteiger partial charge in [0.05, 0.1) is 12.2 Å². The first kappa shape index (κ1) is 15.8. The number of amides is 2. The zero-order valence-corrected chi connectivity index (χ0v) is 14.9. The van der Waals surface area contributed by atoms with Crippen molar-refractivity contribution in [2.75, 3.05) is 18.5 Å². The van der Waals surface area contributed by atoms with Crippen LogP contribution in [0.2, 0.25) is 0 Å². The summed E-state index contributed by atoms with van der Waals surface area (Å²) in [6, 6.07) is 13.7. The van der Waals surface area contributed by atoms with Crippen molar-refractivity contribution in [1.29, 1.82) is 0 Å². The molecule has 2 aliphatic heterocycles. The topological polar surface area (TPSA) is 66.9 Å². The molecule has 0 saturated heterocycles. The maximum absolute atomic E-state index is 13.2. The van der Waals surface area contributed by atoms with E-state index in [-0.39, 0.29) is 35.6 Å². The maximum Gasteiger partial charge on any atom is 0.329 e. The van der Waals surface area contributed by atoms with E-state index in [1.807, 2.05) is 31.2 Å². The van der Waals surface area contributed by atoms with Crippen LogP contribution in [-0.4, -0.2) is 36.1 Å². The third-order valence-electron chi connectivity index (χ3n) is 5.46. The molecule has 0 spiro atoms. The van der Waals surface area contributed by atoms with Gasteiger partial charge in [0, 0.05) is 23.7 Å². The largest absolute Gasteiger partial charge is 0.474 e. The Balaban J connectivity index is 1.77. The second kappa shape index (κ2) is 5.07. The fourth-order valence-corrected chi connectivity index (χ4v) is 4.12. The summed E-state index contributed by atoms with van der Waals surface area (Å²) in [5, 5.41) is 0. The minimum absolute atomic E-state index is 0.0285. The smallest absolute Gasteiger partial charge is 0.329 e. The van der Waals surface area contributed by atoms with Crippen LogP contribution in [0.4, 0.5) is 10.5 Å². The van der Waals surface area contributed by atoms with Crippen LogP contribution >= 0.6 is 0 Å². The number of benzene rings is 2. The Kier molecular flexibility index (Phi) is 2.97. The molecule has 1 unspecified atom stereocenters. The first-order valence-corrected chi connectivity index (χ1v) is 8.69. The van der Waals surface area contributed by atoms with Gasteiger partial charge in [-0.25, -0.2) is 4.79 Å². The van der Waals surface area contributed by atoms with E-state index in [9.17, 15) is 14.4 Å². The molecule has 2 aromatic carbocycles. The van der Waals surface area contributed by atoms with Crippen LogP contribution in [0.15, 0.2) is 60.0 Å². The van der Waals surface area contributed by atoms with E-state index in [0.717, 1.165) is 5.56 Å². The van der Waals surface area contributed by atoms with Gasteiger partial charge in [-0.2, -0.15) is 0 Å². The lowest BCUT2D eigenvalue weighted by Gasteiger charge is -2.41. The number of ether oxygens (including phenoxy) is 1. The molecule has 134 valence electrons. The minimum Gasteiger partial charge on any atom is -0.474 e. The highest BCUT2D eigenvalue weighted by atomic mass is 16.5. The number of ketones is 2. The Hall–Kier alpha value is -3.41. The predicted octanol–water partition coefficient (Wildman–Crippen LogP) is 3.09. The van der Waals surface area contributed by atoms with E-state index in [1.54, 1.807) is 31.3 Å². The first-order valence-electron chi connectivity index (χ1n) is 8.69. The number of hydrogen-bond donors (Lipinski definition) is 0. The van der Waals surface area contributed by atoms with Gasteiger partial charge in [-0.05, 0) is 13.0 Å². The number of carbonyl (C=O) groups excluding carboxylic acids is 3. The molecule has 6 nitrogen and oxygen atoms in total. The van der Waals surface area contributed by atoms with Crippen molar-refractivity contribution in [2.45, 2.75) is 12.5 Å². The fraction of sp³-hybridized carbons (Fsp3) is 0.190. The normalized spacial score (nSPS) is 23.4. The quantitative estimate of drug-likeness (QED) is 0.724. The average Bonchev–Trinajstić information content (AvgIpc) is 2.75. The standard InChI is InChI=1S/C21H16N2O4/c1-21-11-23(20(26)22(2)15-10-6-5-9-14(15)21)16-17(24)12-7-3-4-8-13(12)18(25)19(16)27-21/h3-10H,11H2,1-2H3. The number of para-hydroxylation sites is 1. The highest BCUT2D eigenvalue weighted by Gasteiger charge is 2.51. The Bertz CT molecular complexity index is 1090. The SMILES string of the molecule is CN1C(=O)N2CC(C)(OC3=C2C(=O)c2ccccc2C3=O)c2ccccc21. The van der Waals surface area contributed by atoms with E-state index >= 15 is 0 Å². The summed E-state index contributed by atoms with van der Waals surface area (Å²) in [4.78, 5) is 42.3. The van der Waals surface area contributed by atoms with Crippen molar-refractivity contribution in [2.24, 2.45) is 0 Å². The van der Waals surface area contributed by atoms with Crippen molar-refractivity contribution in [3.63, 3.8) is 0 Å². The number of carbonyl (C=O) groups is 3. The van der Waals surface area contributed by atoms with E-state index < -0.39 is 5.60 Å². The summed E-state index contributed by atoms with van der Waals surface area (Å²) in [6.45, 7) is 2.00. The van der Waals surface area contributed by atoms with Gasteiger partial charge in [-0.1, -0.05) is 42.5 Å². The van der Waals surface area contributed by atoms with Gasteiger partial charge in [0.1, 0.15) is 5.70 Å². The molecule has 27 heavy (non-hydrogen) atoms. The molecule has 2 bridgehead atoms. The van der Waals surface area contributed by atoms with Crippen LogP contribution in [0, 0.1) is 0 Å². The molecule has 5 rings (SSSR count). The molecule has 0 saturated carbocycles. The highest BCUT2D eigenvalue weighted by Crippen LogP contribution is 2.45. The predicted molar refractivity (Wildman–Crippen MR) is 97.5 cm³/mol. The highest BCUT2D eigenvalue weighted by molar-refractivity contribution is 6.27. The number of anilines is 1. The third kappa shape index (κ3) is 1.92. The van der Waals surface area contributed by atoms with Crippen LogP contribution in [0.1, 0.15) is 33.2 Å². The molecule has 3 aliphatic rings. The number of fused-ring (bicyclic) bond motifs is 6. The lowest BCUT2D eigenvalue weighted by molar-refractivity contribution is -0.0225. The van der Waals surface area contributed by atoms with E-state index in [0.29, 0.717) is 16.8 Å². The van der Waals surface area contributed by atoms with E-state index in [2.05, 4.69) is 0 Å². The van der Waals surface area contributed by atoms with Crippen molar-refractivity contribution in [3.05, 3.63) is 76.7 Å². The molecule has 2 aromatic rings. The molecule has 0 N–H and O–H groups in total. The molecule has 1 aliphatic carbocycles. The Morgan fingerprint density at radius 1 is 0.926 bits per heavy atom. The molecule has 0 radical (unpaired) electrons. The van der Waals surface area contributed by atoms with E-state index in [4.69, 9.17) is 4.74 Å². The molecule has 0 fully saturated rings. The summed E-state index contributed by atoms with van der Waals surface area (Å²) < 4.78 is 6.18. The second-order valence-corrected chi connectivity index (χ2v) is 7.16. The van der Waals surface area contributed by atoms with Crippen LogP contribution in [-0.2, 0) is 10.3 Å². The molecule has 0 aromatic heterocycles. The lowest BCUT2D eigenvalue weighted by Crippen LogP contribution is -2.51. The zero-order valence-electron chi connectivity index (χ0n) is 14.9. The van der Waals surface area contributed by atoms with Gasteiger partial charge >= 0.3 is 6.03 Å². The summed E-state index contributed by atoms with van der Waals surface area (Å²) in [7, 11) is 1.66. The average molecular weight is 360 g/mol. The van der Waals surface area contributed by atoms with Crippen molar-refractivity contribution < 1.29 is 19.1 Å². The zero-order chi connectivity index (χ0) is 18.9. The number of nitrogens with zero attached hydrogens (tertiary/aromatic N) is 2. The number of Topliss-reactive ketones (excluding diaryl/α,β-unsaturated/α-hetero) is 2. The van der Waals surface area contributed by atoms with Gasteiger partial charge in [0.2, 0.25) is 11.6 Å². The molecular weight excluding hydrogens is 344 g/mol. The molecule has 2 heterocycles. The van der Waals surface area contributed by atoms with Gasteiger partial charge in [0.25, 0.3) is 0 Å². The summed E-state index contributed by atoms with van der Waals surface area (Å²) in [6.07, 6.45) is 0. The second-order valence-electron chi connectivity index (χ2n) is 7.16. The fourth-order valence-electron chi connectivity index (χ4n) is 4.12. The molecule has 2 amide bonds. The van der Waals surface area contributed by atoms with Gasteiger partial charge in [0.15, 0.2) is 11.4 Å². The summed E-state index contributed by atoms with van der Waals surface area (Å²) >= 11 is 0. The number of hydrogen-bond acceptors (Lipinski definition) is 4. The Morgan fingerprint density at radius 2 is 1.56 bits per heavy atom. The van der Waals surface area contributed by atoms with Gasteiger partial charge in [-0.3, -0.25) is 19.4 Å². The summed E-state index contributed by atoms with van der Waals surface area (Å²) in [5.41, 5.74) is 1.20. The number of rotatable bonds is 0. The van der Waals surface area contributed by atoms with Crippen LogP contribution in [0.25, 0.3) is 0 Å². The molecule has 6 heteroatoms. The Morgan fingerprint density at radius 3 is 2.30 bits per heavy atom. The van der Waals surface area contributed by atoms with Crippen LogP contribution in [0.3, 0.4) is 0 Å². The third-order valence-corrected chi connectivity index (χ3v) is 5.46. The summed E-state index contributed by atoms with van der Waals surface area (Å²) in [5.74, 6) is -0.785. The molecular formula is C21H16N2O4. The molecule has 1 atom stereocenters. The number of urea groups is 1. The lowest BCUT2D eigenvalue weighted by atomic mass is 9.86. The maximum atomic E-state index is 13.2. The number of allylic oxidation sites excluding steroid dienone is 2. The van der Waals surface area contributed by atoms with Crippen LogP contribution in [0.5, 0.6) is 0 Å². The van der Waals surface area contributed by atoms with Crippen LogP contribution < -0.4 is 4.90 Å². The van der Waals surface area contributed by atoms with Crippen molar-refractivity contribution in [1.82, 2.24) is 4.90 Å². The van der Waals surface area contributed by atoms with Crippen molar-refractivity contribution >= 4 is 23.3 Å². The Labute approximate surface area is 155 Å². The first-order chi connectivity index (χ1) is 12.9. The monoisotopic (exact) mass is 360 g/mol.